The molecule has 0 aliphatic carbocycles. The van der Waals surface area contributed by atoms with E-state index in [1.807, 2.05) is 0 Å². The Morgan fingerprint density at radius 1 is 0.750 bits per heavy atom. The molecular weight excluding hydrogens is 211 g/mol. The van der Waals surface area contributed by atoms with Crippen LogP contribution >= 0.6 is 0 Å². The average Bonchev–Trinajstić information content (AvgIpc) is 0. The normalized spacial score (nSPS) is 0. The van der Waals surface area contributed by atoms with Crippen LogP contribution in [0.1, 0.15) is 0 Å². The molecule has 0 aliphatic rings. The van der Waals surface area contributed by atoms with E-state index in [0.29, 0.717) is 0 Å². The molecule has 0 spiro atoms. The quantitative estimate of drug-likeness (QED) is 0.371. The SMILES string of the molecule is [Cr+3].[IH2+].[O-2].[O-2]. The van der Waals surface area contributed by atoms with Crippen LogP contribution in [0.4, 0.5) is 0 Å². The third-order valence-electron chi connectivity index (χ3n) is 0. The first-order chi connectivity index (χ1) is 0. The summed E-state index contributed by atoms with van der Waals surface area (Å²) in [7, 11) is 0. The van der Waals surface area contributed by atoms with E-state index in [1.165, 1.54) is 0 Å². The van der Waals surface area contributed by atoms with Crippen molar-refractivity contribution in [1.29, 1.82) is 0 Å². The first-order valence-electron chi connectivity index (χ1n) is 0. The van der Waals surface area contributed by atoms with Gasteiger partial charge in [-0.15, -0.1) is 0 Å². The molecule has 0 bridgehead atoms. The van der Waals surface area contributed by atoms with Crippen molar-refractivity contribution in [3.05, 3.63) is 0 Å². The largest absolute Gasteiger partial charge is 3.00 e. The van der Waals surface area contributed by atoms with E-state index >= 15 is 0 Å². The Hall–Kier alpha value is 1.18. The second-order valence-corrected chi connectivity index (χ2v) is 0. The molecule has 4 heavy (non-hydrogen) atoms. The van der Waals surface area contributed by atoms with E-state index in [2.05, 4.69) is 0 Å². The standard InChI is InChI=1S/Cr.H2I.2O/h;1H2;;/q+3;+1;2*-2. The van der Waals surface area contributed by atoms with Gasteiger partial charge in [0.05, 0.1) is 0 Å². The molecule has 0 atom stereocenters. The van der Waals surface area contributed by atoms with E-state index in [4.69, 9.17) is 0 Å². The first-order valence-corrected chi connectivity index (χ1v) is 0. The summed E-state index contributed by atoms with van der Waals surface area (Å²) in [6.07, 6.45) is 0. The van der Waals surface area contributed by atoms with Gasteiger partial charge in [0.25, 0.3) is 0 Å². The molecular formula is H2CrIO2. The van der Waals surface area contributed by atoms with E-state index < -0.39 is 0 Å². The number of hydrogen-bond acceptors (Lipinski definition) is 0. The zero-order valence-electron chi connectivity index (χ0n) is 1.67. The van der Waals surface area contributed by atoms with E-state index in [0.717, 1.165) is 0 Å². The van der Waals surface area contributed by atoms with Gasteiger partial charge in [-0.1, -0.05) is 0 Å². The van der Waals surface area contributed by atoms with E-state index in [-0.39, 0.29) is 52.3 Å². The summed E-state index contributed by atoms with van der Waals surface area (Å²) in [5.41, 5.74) is 0. The van der Waals surface area contributed by atoms with Crippen LogP contribution in [0.25, 0.3) is 0 Å². The number of halogens is 1. The molecule has 0 heterocycles. The van der Waals surface area contributed by atoms with Gasteiger partial charge in [-0.05, 0) is 0 Å². The molecule has 0 aromatic carbocycles. The monoisotopic (exact) mass is 213 g/mol. The van der Waals surface area contributed by atoms with Crippen molar-refractivity contribution in [3.8, 4) is 0 Å². The zero-order valence-corrected chi connectivity index (χ0v) is 5.50. The molecule has 0 saturated carbocycles. The Kier molecular flexibility index (Phi) is 491. The fourth-order valence-corrected chi connectivity index (χ4v) is 0. The van der Waals surface area contributed by atoms with Crippen LogP contribution in [0, 0.1) is 0 Å². The van der Waals surface area contributed by atoms with Gasteiger partial charge in [-0.3, -0.25) is 0 Å². The van der Waals surface area contributed by atoms with Crippen LogP contribution < -0.4 is 24.0 Å². The van der Waals surface area contributed by atoms with Crippen LogP contribution in [-0.4, -0.2) is 0 Å². The van der Waals surface area contributed by atoms with Gasteiger partial charge < -0.3 is 11.0 Å². The molecule has 0 rings (SSSR count). The minimum atomic E-state index is 0. The Morgan fingerprint density at radius 3 is 0.750 bits per heavy atom. The van der Waals surface area contributed by atoms with Crippen LogP contribution in [-0.2, 0) is 28.3 Å². The molecule has 27 valence electrons. The van der Waals surface area contributed by atoms with Crippen LogP contribution in [0.2, 0.25) is 0 Å². The van der Waals surface area contributed by atoms with Crippen molar-refractivity contribution >= 4 is 0 Å². The van der Waals surface area contributed by atoms with Crippen LogP contribution in [0.3, 0.4) is 0 Å². The Bertz CT molecular complexity index is 6.00. The molecule has 0 aromatic heterocycles. The summed E-state index contributed by atoms with van der Waals surface area (Å²) in [6.45, 7) is 0. The summed E-state index contributed by atoms with van der Waals surface area (Å²) in [6, 6.07) is 0. The summed E-state index contributed by atoms with van der Waals surface area (Å²) >= 11 is 0. The second kappa shape index (κ2) is 30.3. The van der Waals surface area contributed by atoms with Gasteiger partial charge in [0.1, 0.15) is 0 Å². The van der Waals surface area contributed by atoms with Crippen molar-refractivity contribution in [1.82, 2.24) is 0 Å². The van der Waals surface area contributed by atoms with E-state index in [9.17, 15) is 0 Å². The van der Waals surface area contributed by atoms with Gasteiger partial charge in [0.2, 0.25) is 24.0 Å². The molecule has 0 N–H and O–H groups in total. The summed E-state index contributed by atoms with van der Waals surface area (Å²) in [4.78, 5) is 0. The molecule has 0 aromatic rings. The minimum Gasteiger partial charge on any atom is -2.00 e. The molecule has 0 fully saturated rings. The summed E-state index contributed by atoms with van der Waals surface area (Å²) in [5, 5.41) is 0. The fourth-order valence-electron chi connectivity index (χ4n) is 0. The topological polar surface area (TPSA) is 57.0 Å². The van der Waals surface area contributed by atoms with Crippen molar-refractivity contribution in [2.75, 3.05) is 0 Å². The molecule has 4 heteroatoms. The Labute approximate surface area is 52.3 Å². The third kappa shape index (κ3) is 10.8. The number of hydrogen-bond donors (Lipinski definition) is 0. The Balaban J connectivity index is 0. The van der Waals surface area contributed by atoms with Crippen molar-refractivity contribution < 1.29 is 52.3 Å². The average molecular weight is 213 g/mol. The molecule has 0 unspecified atom stereocenters. The van der Waals surface area contributed by atoms with Crippen LogP contribution in [0.5, 0.6) is 0 Å². The van der Waals surface area contributed by atoms with Gasteiger partial charge in [0.15, 0.2) is 0 Å². The molecule has 2 nitrogen and oxygen atoms in total. The zero-order chi connectivity index (χ0) is 0. The smallest absolute Gasteiger partial charge is 2.00 e. The Morgan fingerprint density at radius 2 is 0.750 bits per heavy atom. The second-order valence-electron chi connectivity index (χ2n) is 0. The summed E-state index contributed by atoms with van der Waals surface area (Å²) in [5.74, 6) is 0. The number of rotatable bonds is 0. The maximum atomic E-state index is 0. The van der Waals surface area contributed by atoms with Gasteiger partial charge in [-0.2, -0.15) is 0 Å². The molecule has 1 radical (unpaired) electrons. The van der Waals surface area contributed by atoms with Crippen molar-refractivity contribution in [3.63, 3.8) is 0 Å². The fraction of sp³-hybridized carbons (Fsp3) is 0. The maximum absolute atomic E-state index is 0. The van der Waals surface area contributed by atoms with Crippen LogP contribution in [0.15, 0.2) is 0 Å². The van der Waals surface area contributed by atoms with Gasteiger partial charge in [-0.25, -0.2) is 0 Å². The maximum Gasteiger partial charge on any atom is 3.00 e. The predicted octanol–water partition coefficient (Wildman–Crippen LogP) is -3.77. The van der Waals surface area contributed by atoms with Gasteiger partial charge in [0, 0.05) is 0 Å². The van der Waals surface area contributed by atoms with E-state index in [1.54, 1.807) is 0 Å². The molecule has 0 aliphatic heterocycles. The van der Waals surface area contributed by atoms with Gasteiger partial charge >= 0.3 is 17.4 Å². The predicted molar refractivity (Wildman–Crippen MR) is 4.16 cm³/mol. The summed E-state index contributed by atoms with van der Waals surface area (Å²) < 4.78 is 0. The third-order valence-corrected chi connectivity index (χ3v) is 0. The first kappa shape index (κ1) is 64.8. The minimum absolute atomic E-state index is 0. The molecule has 0 saturated heterocycles. The van der Waals surface area contributed by atoms with Crippen molar-refractivity contribution in [2.45, 2.75) is 0 Å². The van der Waals surface area contributed by atoms with Crippen molar-refractivity contribution in [2.24, 2.45) is 0 Å². The molecule has 0 amide bonds.